The summed E-state index contributed by atoms with van der Waals surface area (Å²) >= 11 is 0. The molecule has 18 rings (SSSR count). The van der Waals surface area contributed by atoms with Crippen LogP contribution in [0, 0.1) is 0 Å². The summed E-state index contributed by atoms with van der Waals surface area (Å²) in [4.78, 5) is 32.0. The highest BCUT2D eigenvalue weighted by Crippen LogP contribution is 2.44. The summed E-state index contributed by atoms with van der Waals surface area (Å²) in [5.74, 6) is 3.23. The lowest BCUT2D eigenvalue weighted by Gasteiger charge is -2.14. The van der Waals surface area contributed by atoms with Crippen LogP contribution in [0.25, 0.3) is 178 Å². The van der Waals surface area contributed by atoms with Gasteiger partial charge in [0.25, 0.3) is 0 Å². The van der Waals surface area contributed by atoms with Gasteiger partial charge in [0.1, 0.15) is 22.3 Å². The van der Waals surface area contributed by atoms with Crippen LogP contribution >= 0.6 is 0 Å². The van der Waals surface area contributed by atoms with Gasteiger partial charge >= 0.3 is 0 Å². The second kappa shape index (κ2) is 19.7. The van der Waals surface area contributed by atoms with E-state index >= 15 is 0 Å². The molecule has 10 nitrogen and oxygen atoms in total. The van der Waals surface area contributed by atoms with E-state index < -0.39 is 0 Å². The fraction of sp³-hybridized carbons (Fsp3) is 0. The molecule has 0 fully saturated rings. The molecule has 0 N–H and O–H groups in total. The number of hydrogen-bond acceptors (Lipinski definition) is 8. The molecule has 0 spiro atoms. The zero-order valence-electron chi connectivity index (χ0n) is 47.0. The van der Waals surface area contributed by atoms with Crippen molar-refractivity contribution >= 4 is 87.5 Å². The highest BCUT2D eigenvalue weighted by atomic mass is 16.3. The molecule has 0 bridgehead atoms. The van der Waals surface area contributed by atoms with Gasteiger partial charge in [-0.1, -0.05) is 194 Å². The van der Waals surface area contributed by atoms with Crippen LogP contribution in [0.2, 0.25) is 0 Å². The quantitative estimate of drug-likeness (QED) is 0.140. The summed E-state index contributed by atoms with van der Waals surface area (Å²) in [5, 5.41) is 8.21. The molecule has 0 saturated heterocycles. The Bertz CT molecular complexity index is 5580. The fourth-order valence-corrected chi connectivity index (χ4v) is 12.9. The molecular weight excluding hydrogens is 1080 g/mol. The van der Waals surface area contributed by atoms with Gasteiger partial charge in [0.15, 0.2) is 29.1 Å². The van der Waals surface area contributed by atoms with Crippen molar-refractivity contribution in [3.8, 4) is 90.8 Å². The number of nitrogens with zero attached hydrogens (tertiary/aromatic N) is 8. The van der Waals surface area contributed by atoms with Crippen molar-refractivity contribution in [3.63, 3.8) is 0 Å². The number of furan rings is 2. The van der Waals surface area contributed by atoms with E-state index in [9.17, 15) is 0 Å². The SMILES string of the molecule is c1ccc(-c2ccc3oc4ccc(-c5nc(-c6ccc7oc8ccc(-c9ccccc9)cc8c7c6)nc(-n6c7ccccc7c7ccc8c9ccccc9n(-c9cccc(-c%10nc(-c%11ccccc%11)nc(-c%11ccccc%11)n%10)c9)c8c76)n5)cc4c3c2)cc1. The summed E-state index contributed by atoms with van der Waals surface area (Å²) in [6.45, 7) is 0. The van der Waals surface area contributed by atoms with Crippen molar-refractivity contribution in [1.29, 1.82) is 0 Å². The minimum atomic E-state index is 0.461. The van der Waals surface area contributed by atoms with Gasteiger partial charge in [-0.25, -0.2) is 19.9 Å². The van der Waals surface area contributed by atoms with Crippen molar-refractivity contribution in [2.45, 2.75) is 0 Å². The summed E-state index contributed by atoms with van der Waals surface area (Å²) in [5.41, 5.74) is 16.7. The zero-order chi connectivity index (χ0) is 57.8. The third kappa shape index (κ3) is 8.04. The van der Waals surface area contributed by atoms with E-state index in [1.807, 2.05) is 84.9 Å². The van der Waals surface area contributed by atoms with E-state index in [0.717, 1.165) is 143 Å². The van der Waals surface area contributed by atoms with Gasteiger partial charge < -0.3 is 13.4 Å². The summed E-state index contributed by atoms with van der Waals surface area (Å²) in [7, 11) is 0. The number of para-hydroxylation sites is 2. The molecule has 0 atom stereocenters. The maximum atomic E-state index is 6.53. The zero-order valence-corrected chi connectivity index (χ0v) is 47.0. The maximum Gasteiger partial charge on any atom is 0.238 e. The Morgan fingerprint density at radius 1 is 0.216 bits per heavy atom. The fourth-order valence-electron chi connectivity index (χ4n) is 12.9. The lowest BCUT2D eigenvalue weighted by molar-refractivity contribution is 0.668. The van der Waals surface area contributed by atoms with Crippen molar-refractivity contribution < 1.29 is 8.83 Å². The van der Waals surface area contributed by atoms with Crippen LogP contribution < -0.4 is 0 Å². The molecule has 0 aliphatic carbocycles. The second-order valence-corrected chi connectivity index (χ2v) is 22.2. The summed E-state index contributed by atoms with van der Waals surface area (Å²) in [6, 6.07) is 96.5. The topological polar surface area (TPSA) is 113 Å². The Labute approximate surface area is 502 Å². The van der Waals surface area contributed by atoms with Gasteiger partial charge in [-0.15, -0.1) is 0 Å². The molecular formula is C78H46N8O2. The Morgan fingerprint density at radius 2 is 0.557 bits per heavy atom. The standard InChI is InChI=1S/C78H46N8O2/c1-5-18-47(19-6-1)51-32-38-67-61(43-51)63-45-54(34-40-69(63)87-67)76-82-77(55-35-41-70-64(46-55)62-44-52(33-39-68(62)88-70)48-20-7-2-8-21-48)84-78(83-76)86-66-31-16-14-29-58(66)60-37-36-59-57-28-13-15-30-65(57)85(71(59)72(60)86)56-27-17-26-53(42-56)75-80-73(49-22-9-3-10-23-49)79-74(81-75)50-24-11-4-12-25-50/h1-46H. The summed E-state index contributed by atoms with van der Waals surface area (Å²) in [6.07, 6.45) is 0. The molecule has 0 saturated carbocycles. The first kappa shape index (κ1) is 49.3. The summed E-state index contributed by atoms with van der Waals surface area (Å²) < 4.78 is 17.7. The van der Waals surface area contributed by atoms with Crippen molar-refractivity contribution in [2.24, 2.45) is 0 Å². The predicted octanol–water partition coefficient (Wildman–Crippen LogP) is 19.7. The van der Waals surface area contributed by atoms with E-state index in [1.54, 1.807) is 0 Å². The highest BCUT2D eigenvalue weighted by molar-refractivity contribution is 6.24. The third-order valence-corrected chi connectivity index (χ3v) is 17.0. The Balaban J connectivity index is 0.883. The Morgan fingerprint density at radius 3 is 1.02 bits per heavy atom. The van der Waals surface area contributed by atoms with E-state index in [-0.39, 0.29) is 0 Å². The first-order valence-corrected chi connectivity index (χ1v) is 29.3. The van der Waals surface area contributed by atoms with Crippen molar-refractivity contribution in [1.82, 2.24) is 39.0 Å². The number of aromatic nitrogens is 8. The van der Waals surface area contributed by atoms with E-state index in [4.69, 9.17) is 38.7 Å². The molecule has 88 heavy (non-hydrogen) atoms. The molecule has 6 aromatic heterocycles. The van der Waals surface area contributed by atoms with Crippen LogP contribution in [-0.4, -0.2) is 39.0 Å². The Hall–Kier alpha value is -12.1. The molecule has 0 aliphatic rings. The van der Waals surface area contributed by atoms with Crippen LogP contribution in [0.5, 0.6) is 0 Å². The minimum absolute atomic E-state index is 0.461. The molecule has 0 aliphatic heterocycles. The van der Waals surface area contributed by atoms with Gasteiger partial charge in [0, 0.05) is 76.6 Å². The maximum absolute atomic E-state index is 6.53. The van der Waals surface area contributed by atoms with Crippen LogP contribution in [0.1, 0.15) is 0 Å². The molecule has 410 valence electrons. The smallest absolute Gasteiger partial charge is 0.238 e. The molecule has 10 heteroatoms. The number of rotatable bonds is 9. The Kier molecular flexibility index (Phi) is 11.1. The molecule has 0 amide bonds. The predicted molar refractivity (Wildman–Crippen MR) is 354 cm³/mol. The van der Waals surface area contributed by atoms with Crippen LogP contribution in [0.3, 0.4) is 0 Å². The third-order valence-electron chi connectivity index (χ3n) is 17.0. The first-order valence-electron chi connectivity index (χ1n) is 29.3. The van der Waals surface area contributed by atoms with Gasteiger partial charge in [0.05, 0.1) is 22.1 Å². The number of hydrogen-bond donors (Lipinski definition) is 0. The number of benzene rings is 12. The average Bonchev–Trinajstić information content (AvgIpc) is 1.61. The van der Waals surface area contributed by atoms with E-state index in [2.05, 4.69) is 203 Å². The highest BCUT2D eigenvalue weighted by Gasteiger charge is 2.25. The van der Waals surface area contributed by atoms with Crippen LogP contribution in [0.4, 0.5) is 0 Å². The van der Waals surface area contributed by atoms with Crippen molar-refractivity contribution in [3.05, 3.63) is 279 Å². The monoisotopic (exact) mass is 1130 g/mol. The van der Waals surface area contributed by atoms with E-state index in [1.165, 1.54) is 0 Å². The van der Waals surface area contributed by atoms with E-state index in [0.29, 0.717) is 35.1 Å². The van der Waals surface area contributed by atoms with Crippen LogP contribution in [-0.2, 0) is 0 Å². The number of fused-ring (bicyclic) bond motifs is 13. The lowest BCUT2D eigenvalue weighted by atomic mass is 10.0. The van der Waals surface area contributed by atoms with Gasteiger partial charge in [-0.2, -0.15) is 9.97 Å². The molecule has 0 unspecified atom stereocenters. The normalized spacial score (nSPS) is 11.9. The van der Waals surface area contributed by atoms with Gasteiger partial charge in [-0.05, 0) is 107 Å². The second-order valence-electron chi connectivity index (χ2n) is 22.2. The minimum Gasteiger partial charge on any atom is -0.456 e. The molecule has 18 aromatic rings. The molecule has 6 heterocycles. The van der Waals surface area contributed by atoms with Crippen molar-refractivity contribution in [2.75, 3.05) is 0 Å². The van der Waals surface area contributed by atoms with Gasteiger partial charge in [-0.3, -0.25) is 4.57 Å². The molecule has 0 radical (unpaired) electrons. The average molecular weight is 1130 g/mol. The van der Waals surface area contributed by atoms with Crippen LogP contribution in [0.15, 0.2) is 288 Å². The first-order chi connectivity index (χ1) is 43.6. The lowest BCUT2D eigenvalue weighted by Crippen LogP contribution is -2.07. The molecule has 12 aromatic carbocycles. The largest absolute Gasteiger partial charge is 0.456 e. The van der Waals surface area contributed by atoms with Gasteiger partial charge in [0.2, 0.25) is 5.95 Å².